The third kappa shape index (κ3) is 3.91. The number of rotatable bonds is 3. The summed E-state index contributed by atoms with van der Waals surface area (Å²) < 4.78 is 14.5. The molecule has 5 heteroatoms. The number of carbonyl (C=O) groups is 1. The third-order valence-electron chi connectivity index (χ3n) is 4.10. The van der Waals surface area contributed by atoms with Crippen molar-refractivity contribution in [3.05, 3.63) is 69.4 Å². The molecule has 1 aliphatic heterocycles. The molecule has 0 aliphatic carbocycles. The van der Waals surface area contributed by atoms with Crippen LogP contribution >= 0.6 is 15.9 Å². The molecule has 2 aromatic carbocycles. The van der Waals surface area contributed by atoms with Gasteiger partial charge in [0.2, 0.25) is 0 Å². The van der Waals surface area contributed by atoms with Crippen LogP contribution in [-0.2, 0) is 19.4 Å². The predicted octanol–water partition coefficient (Wildman–Crippen LogP) is 3.90. The average Bonchev–Trinajstić information content (AvgIpc) is 2.57. The molecule has 0 spiro atoms. The second-order valence-corrected chi connectivity index (χ2v) is 6.57. The summed E-state index contributed by atoms with van der Waals surface area (Å²) >= 11 is 3.33. The van der Waals surface area contributed by atoms with Gasteiger partial charge in [0.25, 0.3) is 0 Å². The number of nitrogens with zero attached hydrogens (tertiary/aromatic N) is 1. The van der Waals surface area contributed by atoms with Crippen LogP contribution < -0.4 is 5.32 Å². The summed E-state index contributed by atoms with van der Waals surface area (Å²) in [6.07, 6.45) is 1.35. The highest BCUT2D eigenvalue weighted by Crippen LogP contribution is 2.18. The van der Waals surface area contributed by atoms with Crippen LogP contribution in [0.2, 0.25) is 0 Å². The molecule has 3 nitrogen and oxygen atoms in total. The molecule has 2 amide bonds. The van der Waals surface area contributed by atoms with Gasteiger partial charge in [-0.3, -0.25) is 0 Å². The van der Waals surface area contributed by atoms with Gasteiger partial charge in [-0.05, 0) is 47.7 Å². The standard InChI is InChI=1S/C18H18BrFN2O/c19-16-5-6-17(20)14(11-16)7-9-21-18(23)22-10-8-13-3-1-2-4-15(13)12-22/h1-6,11H,7-10,12H2,(H,21,23). The molecular weight excluding hydrogens is 359 g/mol. The molecule has 1 heterocycles. The lowest BCUT2D eigenvalue weighted by Gasteiger charge is -2.29. The van der Waals surface area contributed by atoms with Crippen molar-refractivity contribution in [2.75, 3.05) is 13.1 Å². The Hall–Kier alpha value is -1.88. The smallest absolute Gasteiger partial charge is 0.317 e. The number of hydrogen-bond donors (Lipinski definition) is 1. The molecule has 1 aliphatic rings. The van der Waals surface area contributed by atoms with Gasteiger partial charge in [0.1, 0.15) is 5.82 Å². The number of halogens is 2. The van der Waals surface area contributed by atoms with Gasteiger partial charge in [-0.15, -0.1) is 0 Å². The maximum atomic E-state index is 13.7. The fourth-order valence-corrected chi connectivity index (χ4v) is 3.23. The van der Waals surface area contributed by atoms with E-state index in [-0.39, 0.29) is 11.8 Å². The number of benzene rings is 2. The van der Waals surface area contributed by atoms with Gasteiger partial charge in [-0.2, -0.15) is 0 Å². The second-order valence-electron chi connectivity index (χ2n) is 5.66. The van der Waals surface area contributed by atoms with E-state index in [0.29, 0.717) is 31.6 Å². The first-order valence-electron chi connectivity index (χ1n) is 7.67. The van der Waals surface area contributed by atoms with Crippen LogP contribution in [0.5, 0.6) is 0 Å². The van der Waals surface area contributed by atoms with Gasteiger partial charge >= 0.3 is 6.03 Å². The maximum absolute atomic E-state index is 13.7. The highest BCUT2D eigenvalue weighted by atomic mass is 79.9. The van der Waals surface area contributed by atoms with Crippen LogP contribution in [0.3, 0.4) is 0 Å². The quantitative estimate of drug-likeness (QED) is 0.865. The highest BCUT2D eigenvalue weighted by molar-refractivity contribution is 9.10. The fourth-order valence-electron chi connectivity index (χ4n) is 2.82. The molecule has 0 atom stereocenters. The Morgan fingerprint density at radius 2 is 2.00 bits per heavy atom. The zero-order valence-corrected chi connectivity index (χ0v) is 14.3. The molecule has 1 N–H and O–H groups in total. The number of urea groups is 1. The van der Waals surface area contributed by atoms with Crippen molar-refractivity contribution in [1.82, 2.24) is 10.2 Å². The molecular formula is C18H18BrFN2O. The summed E-state index contributed by atoms with van der Waals surface area (Å²) in [5.74, 6) is -0.241. The summed E-state index contributed by atoms with van der Waals surface area (Å²) in [6, 6.07) is 13.0. The minimum atomic E-state index is -0.241. The van der Waals surface area contributed by atoms with E-state index in [1.807, 2.05) is 12.1 Å². The van der Waals surface area contributed by atoms with Crippen LogP contribution in [0.25, 0.3) is 0 Å². The monoisotopic (exact) mass is 376 g/mol. The first kappa shape index (κ1) is 16.0. The summed E-state index contributed by atoms with van der Waals surface area (Å²) in [5.41, 5.74) is 3.11. The molecule has 0 radical (unpaired) electrons. The average molecular weight is 377 g/mol. The van der Waals surface area contributed by atoms with Gasteiger partial charge in [0.15, 0.2) is 0 Å². The molecule has 0 saturated carbocycles. The fraction of sp³-hybridized carbons (Fsp3) is 0.278. The molecule has 3 rings (SSSR count). The molecule has 0 fully saturated rings. The highest BCUT2D eigenvalue weighted by Gasteiger charge is 2.19. The predicted molar refractivity (Wildman–Crippen MR) is 91.8 cm³/mol. The normalized spacial score (nSPS) is 13.6. The van der Waals surface area contributed by atoms with Crippen LogP contribution in [0.4, 0.5) is 9.18 Å². The summed E-state index contributed by atoms with van der Waals surface area (Å²) in [4.78, 5) is 14.1. The van der Waals surface area contributed by atoms with Crippen molar-refractivity contribution in [3.63, 3.8) is 0 Å². The molecule has 120 valence electrons. The zero-order chi connectivity index (χ0) is 16.2. The summed E-state index contributed by atoms with van der Waals surface area (Å²) in [5, 5.41) is 2.88. The topological polar surface area (TPSA) is 32.3 Å². The van der Waals surface area contributed by atoms with E-state index in [1.165, 1.54) is 17.2 Å². The van der Waals surface area contributed by atoms with Crippen molar-refractivity contribution < 1.29 is 9.18 Å². The number of amides is 2. The van der Waals surface area contributed by atoms with Gasteiger partial charge in [-0.25, -0.2) is 9.18 Å². The first-order chi connectivity index (χ1) is 11.1. The third-order valence-corrected chi connectivity index (χ3v) is 4.59. The lowest BCUT2D eigenvalue weighted by atomic mass is 10.0. The van der Waals surface area contributed by atoms with Gasteiger partial charge in [-0.1, -0.05) is 40.2 Å². The van der Waals surface area contributed by atoms with Gasteiger partial charge in [0.05, 0.1) is 0 Å². The van der Waals surface area contributed by atoms with Crippen LogP contribution in [0.1, 0.15) is 16.7 Å². The largest absolute Gasteiger partial charge is 0.338 e. The van der Waals surface area contributed by atoms with Crippen molar-refractivity contribution in [2.45, 2.75) is 19.4 Å². The van der Waals surface area contributed by atoms with Crippen molar-refractivity contribution in [3.8, 4) is 0 Å². The molecule has 2 aromatic rings. The molecule has 0 bridgehead atoms. The van der Waals surface area contributed by atoms with E-state index < -0.39 is 0 Å². The van der Waals surface area contributed by atoms with Gasteiger partial charge < -0.3 is 10.2 Å². The Morgan fingerprint density at radius 3 is 2.83 bits per heavy atom. The minimum Gasteiger partial charge on any atom is -0.338 e. The zero-order valence-electron chi connectivity index (χ0n) is 12.7. The number of fused-ring (bicyclic) bond motifs is 1. The summed E-state index contributed by atoms with van der Waals surface area (Å²) in [7, 11) is 0. The molecule has 0 saturated heterocycles. The Labute approximate surface area is 143 Å². The van der Waals surface area contributed by atoms with E-state index in [2.05, 4.69) is 33.4 Å². The first-order valence-corrected chi connectivity index (χ1v) is 8.46. The van der Waals surface area contributed by atoms with Crippen molar-refractivity contribution in [1.29, 1.82) is 0 Å². The van der Waals surface area contributed by atoms with E-state index in [9.17, 15) is 9.18 Å². The number of nitrogens with one attached hydrogen (secondary N) is 1. The van der Waals surface area contributed by atoms with E-state index >= 15 is 0 Å². The molecule has 0 unspecified atom stereocenters. The Morgan fingerprint density at radius 1 is 1.22 bits per heavy atom. The van der Waals surface area contributed by atoms with E-state index in [4.69, 9.17) is 0 Å². The van der Waals surface area contributed by atoms with Gasteiger partial charge in [0, 0.05) is 24.1 Å². The molecule has 23 heavy (non-hydrogen) atoms. The minimum absolute atomic E-state index is 0.0880. The Balaban J connectivity index is 1.53. The second kappa shape index (κ2) is 7.13. The van der Waals surface area contributed by atoms with Crippen LogP contribution in [0, 0.1) is 5.82 Å². The van der Waals surface area contributed by atoms with Crippen molar-refractivity contribution >= 4 is 22.0 Å². The van der Waals surface area contributed by atoms with E-state index in [0.717, 1.165) is 10.9 Å². The Kier molecular flexibility index (Phi) is 4.96. The van der Waals surface area contributed by atoms with E-state index in [1.54, 1.807) is 17.0 Å². The van der Waals surface area contributed by atoms with Crippen LogP contribution in [0.15, 0.2) is 46.9 Å². The number of hydrogen-bond acceptors (Lipinski definition) is 1. The maximum Gasteiger partial charge on any atom is 0.317 e. The summed E-state index contributed by atoms with van der Waals surface area (Å²) in [6.45, 7) is 1.77. The lowest BCUT2D eigenvalue weighted by molar-refractivity contribution is 0.192. The molecule has 0 aromatic heterocycles. The van der Waals surface area contributed by atoms with Crippen LogP contribution in [-0.4, -0.2) is 24.0 Å². The Bertz CT molecular complexity index is 720. The SMILES string of the molecule is O=C(NCCc1cc(Br)ccc1F)N1CCc2ccccc2C1. The lowest BCUT2D eigenvalue weighted by Crippen LogP contribution is -2.43. The number of carbonyl (C=O) groups excluding carboxylic acids is 1. The van der Waals surface area contributed by atoms with Crippen molar-refractivity contribution in [2.24, 2.45) is 0 Å².